The van der Waals surface area contributed by atoms with Gasteiger partial charge >= 0.3 is 0 Å². The van der Waals surface area contributed by atoms with Crippen molar-refractivity contribution in [1.82, 2.24) is 9.62 Å². The number of carbonyl (C=O) groups excluding carboxylic acids is 1. The number of piperidine rings is 2. The third kappa shape index (κ3) is 5.36. The van der Waals surface area contributed by atoms with Crippen molar-refractivity contribution >= 4 is 21.6 Å². The Hall–Kier alpha value is -2.65. The average molecular weight is 490 g/mol. The number of rotatable bonds is 7. The molecule has 9 heteroatoms. The monoisotopic (exact) mass is 489 g/mol. The van der Waals surface area contributed by atoms with Crippen molar-refractivity contribution in [2.75, 3.05) is 38.2 Å². The minimum atomic E-state index is -3.73. The number of sulfonamides is 1. The molecule has 2 aromatic carbocycles. The van der Waals surface area contributed by atoms with Crippen LogP contribution in [0, 0.1) is 5.82 Å². The second-order valence-electron chi connectivity index (χ2n) is 8.85. The zero-order valence-corrected chi connectivity index (χ0v) is 20.4. The number of anilines is 1. The average Bonchev–Trinajstić information content (AvgIpc) is 2.88. The number of benzene rings is 2. The fourth-order valence-corrected chi connectivity index (χ4v) is 6.36. The van der Waals surface area contributed by atoms with Crippen LogP contribution in [0.25, 0.3) is 0 Å². The highest BCUT2D eigenvalue weighted by atomic mass is 32.2. The maximum absolute atomic E-state index is 14.0. The quantitative estimate of drug-likeness (QED) is 0.638. The summed E-state index contributed by atoms with van der Waals surface area (Å²) in [4.78, 5) is 15.2. The van der Waals surface area contributed by atoms with E-state index in [4.69, 9.17) is 4.74 Å². The molecule has 0 radical (unpaired) electrons. The molecule has 0 aromatic heterocycles. The summed E-state index contributed by atoms with van der Waals surface area (Å²) in [7, 11) is -2.34. The zero-order valence-electron chi connectivity index (χ0n) is 19.6. The third-order valence-electron chi connectivity index (χ3n) is 6.52. The van der Waals surface area contributed by atoms with Gasteiger partial charge in [0.2, 0.25) is 10.0 Å². The lowest BCUT2D eigenvalue weighted by molar-refractivity contribution is 0.0950. The Balaban J connectivity index is 1.59. The fourth-order valence-electron chi connectivity index (χ4n) is 4.61. The SMILES string of the molecule is COc1ccc(CNC(=O)c2ccc(N3CCCCC3)c(S(=O)(=O)N3CCCCC3)c2)cc1F. The summed E-state index contributed by atoms with van der Waals surface area (Å²) in [5, 5.41) is 2.77. The first-order valence-electron chi connectivity index (χ1n) is 11.9. The number of methoxy groups -OCH3 is 1. The van der Waals surface area contributed by atoms with Gasteiger partial charge < -0.3 is 15.0 Å². The number of hydrogen-bond donors (Lipinski definition) is 1. The standard InChI is InChI=1S/C25H32FN3O4S/c1-33-23-11-8-19(16-21(23)26)18-27-25(30)20-9-10-22(28-12-4-2-5-13-28)24(17-20)34(31,32)29-14-6-3-7-15-29/h8-11,16-17H,2-7,12-15,18H2,1H3,(H,27,30). The summed E-state index contributed by atoms with van der Waals surface area (Å²) in [5.74, 6) is -0.775. The summed E-state index contributed by atoms with van der Waals surface area (Å²) in [6.07, 6.45) is 5.89. The Morgan fingerprint density at radius 2 is 1.65 bits per heavy atom. The number of nitrogens with zero attached hydrogens (tertiary/aromatic N) is 2. The van der Waals surface area contributed by atoms with E-state index >= 15 is 0 Å². The summed E-state index contributed by atoms with van der Waals surface area (Å²) in [5.41, 5.74) is 1.52. The van der Waals surface area contributed by atoms with Crippen LogP contribution in [0.5, 0.6) is 5.75 Å². The van der Waals surface area contributed by atoms with Gasteiger partial charge in [0.05, 0.1) is 12.8 Å². The zero-order chi connectivity index (χ0) is 24.1. The summed E-state index contributed by atoms with van der Waals surface area (Å²) in [6.45, 7) is 2.72. The lowest BCUT2D eigenvalue weighted by Gasteiger charge is -2.33. The topological polar surface area (TPSA) is 79.0 Å². The molecule has 2 saturated heterocycles. The minimum absolute atomic E-state index is 0.113. The van der Waals surface area contributed by atoms with Gasteiger partial charge in [-0.25, -0.2) is 12.8 Å². The predicted octanol–water partition coefficient (Wildman–Crippen LogP) is 3.93. The number of halogens is 1. The van der Waals surface area contributed by atoms with Gasteiger partial charge in [0.25, 0.3) is 5.91 Å². The fraction of sp³-hybridized carbons (Fsp3) is 0.480. The molecule has 0 saturated carbocycles. The Kier molecular flexibility index (Phi) is 7.73. The van der Waals surface area contributed by atoms with Crippen LogP contribution in [0.4, 0.5) is 10.1 Å². The molecule has 34 heavy (non-hydrogen) atoms. The number of ether oxygens (including phenoxy) is 1. The van der Waals surface area contributed by atoms with Crippen molar-refractivity contribution in [3.63, 3.8) is 0 Å². The molecular weight excluding hydrogens is 457 g/mol. The summed E-state index contributed by atoms with van der Waals surface area (Å²) >= 11 is 0. The van der Waals surface area contributed by atoms with Gasteiger partial charge in [-0.15, -0.1) is 0 Å². The van der Waals surface area contributed by atoms with Crippen LogP contribution in [0.15, 0.2) is 41.3 Å². The Morgan fingerprint density at radius 3 is 2.29 bits per heavy atom. The van der Waals surface area contributed by atoms with Gasteiger partial charge in [0, 0.05) is 38.3 Å². The highest BCUT2D eigenvalue weighted by Crippen LogP contribution is 2.32. The molecule has 2 fully saturated rings. The molecule has 2 aromatic rings. The second-order valence-corrected chi connectivity index (χ2v) is 10.8. The lowest BCUT2D eigenvalue weighted by Crippen LogP contribution is -2.38. The highest BCUT2D eigenvalue weighted by Gasteiger charge is 2.31. The molecule has 2 aliphatic heterocycles. The van der Waals surface area contributed by atoms with Gasteiger partial charge in [-0.3, -0.25) is 4.79 Å². The Morgan fingerprint density at radius 1 is 0.971 bits per heavy atom. The molecule has 0 aliphatic carbocycles. The van der Waals surface area contributed by atoms with Crippen LogP contribution < -0.4 is 15.0 Å². The van der Waals surface area contributed by atoms with Gasteiger partial charge in [-0.1, -0.05) is 12.5 Å². The third-order valence-corrected chi connectivity index (χ3v) is 8.45. The molecule has 2 aliphatic rings. The van der Waals surface area contributed by atoms with E-state index in [-0.39, 0.29) is 22.8 Å². The molecule has 0 atom stereocenters. The largest absolute Gasteiger partial charge is 0.494 e. The maximum atomic E-state index is 14.0. The van der Waals surface area contributed by atoms with Crippen molar-refractivity contribution in [3.8, 4) is 5.75 Å². The Bertz CT molecular complexity index is 1130. The molecule has 7 nitrogen and oxygen atoms in total. The van der Waals surface area contributed by atoms with Crippen molar-refractivity contribution in [2.45, 2.75) is 50.0 Å². The molecule has 0 bridgehead atoms. The van der Waals surface area contributed by atoms with Crippen molar-refractivity contribution in [1.29, 1.82) is 0 Å². The van der Waals surface area contributed by atoms with Gasteiger partial charge in [-0.05, 0) is 68.0 Å². The minimum Gasteiger partial charge on any atom is -0.494 e. The molecule has 1 amide bonds. The molecule has 184 valence electrons. The van der Waals surface area contributed by atoms with Gasteiger partial charge in [0.15, 0.2) is 11.6 Å². The number of hydrogen-bond acceptors (Lipinski definition) is 5. The second kappa shape index (κ2) is 10.7. The lowest BCUT2D eigenvalue weighted by atomic mass is 10.1. The summed E-state index contributed by atoms with van der Waals surface area (Å²) in [6, 6.07) is 9.41. The van der Waals surface area contributed by atoms with Crippen molar-refractivity contribution in [2.24, 2.45) is 0 Å². The molecule has 1 N–H and O–H groups in total. The first-order chi connectivity index (χ1) is 16.4. The van der Waals surface area contributed by atoms with E-state index in [0.717, 1.165) is 51.6 Å². The molecule has 2 heterocycles. The van der Waals surface area contributed by atoms with Crippen LogP contribution in [-0.2, 0) is 16.6 Å². The molecule has 0 spiro atoms. The van der Waals surface area contributed by atoms with Crippen molar-refractivity contribution in [3.05, 3.63) is 53.3 Å². The normalized spacial score (nSPS) is 17.4. The maximum Gasteiger partial charge on any atom is 0.251 e. The van der Waals surface area contributed by atoms with E-state index in [9.17, 15) is 17.6 Å². The van der Waals surface area contributed by atoms with Crippen LogP contribution in [0.2, 0.25) is 0 Å². The van der Waals surface area contributed by atoms with E-state index < -0.39 is 21.7 Å². The first kappa shape index (κ1) is 24.5. The highest BCUT2D eigenvalue weighted by molar-refractivity contribution is 7.89. The Labute approximate surface area is 200 Å². The molecule has 4 rings (SSSR count). The van der Waals surface area contributed by atoms with E-state index in [1.165, 1.54) is 25.3 Å². The summed E-state index contributed by atoms with van der Waals surface area (Å²) < 4.78 is 47.7. The van der Waals surface area contributed by atoms with Crippen LogP contribution in [-0.4, -0.2) is 51.9 Å². The van der Waals surface area contributed by atoms with Crippen LogP contribution in [0.1, 0.15) is 54.4 Å². The number of carbonyl (C=O) groups is 1. The van der Waals surface area contributed by atoms with E-state index in [0.29, 0.717) is 24.3 Å². The number of nitrogens with one attached hydrogen (secondary N) is 1. The van der Waals surface area contributed by atoms with Gasteiger partial charge in [0.1, 0.15) is 4.90 Å². The van der Waals surface area contributed by atoms with Crippen LogP contribution in [0.3, 0.4) is 0 Å². The van der Waals surface area contributed by atoms with E-state index in [1.54, 1.807) is 22.5 Å². The van der Waals surface area contributed by atoms with Crippen molar-refractivity contribution < 1.29 is 22.3 Å². The molecule has 0 unspecified atom stereocenters. The van der Waals surface area contributed by atoms with Crippen LogP contribution >= 0.6 is 0 Å². The number of amides is 1. The van der Waals surface area contributed by atoms with Gasteiger partial charge in [-0.2, -0.15) is 4.31 Å². The van der Waals surface area contributed by atoms with E-state index in [2.05, 4.69) is 10.2 Å². The van der Waals surface area contributed by atoms with E-state index in [1.807, 2.05) is 0 Å². The smallest absolute Gasteiger partial charge is 0.251 e. The first-order valence-corrected chi connectivity index (χ1v) is 13.3. The molecular formula is C25H32FN3O4S. The predicted molar refractivity (Wildman–Crippen MR) is 129 cm³/mol.